The van der Waals surface area contributed by atoms with Crippen molar-refractivity contribution in [3.8, 4) is 5.88 Å². The Hall–Kier alpha value is -2.41. The van der Waals surface area contributed by atoms with Gasteiger partial charge in [0.1, 0.15) is 18.3 Å². The number of hydrogen-bond acceptors (Lipinski definition) is 6. The average molecular weight is 263 g/mol. The van der Waals surface area contributed by atoms with E-state index < -0.39 is 12.0 Å². The molecule has 0 amide bonds. The molecule has 0 aromatic carbocycles. The van der Waals surface area contributed by atoms with Gasteiger partial charge in [-0.25, -0.2) is 0 Å². The molecule has 0 saturated heterocycles. The van der Waals surface area contributed by atoms with Crippen LogP contribution in [0.15, 0.2) is 35.3 Å². The summed E-state index contributed by atoms with van der Waals surface area (Å²) >= 11 is 0. The highest BCUT2D eigenvalue weighted by Gasteiger charge is 2.15. The number of fused-ring (bicyclic) bond motifs is 1. The Morgan fingerprint density at radius 1 is 1.53 bits per heavy atom. The third-order valence-corrected chi connectivity index (χ3v) is 2.46. The van der Waals surface area contributed by atoms with Gasteiger partial charge in [0.2, 0.25) is 5.88 Å². The van der Waals surface area contributed by atoms with E-state index in [0.717, 1.165) is 0 Å². The lowest BCUT2D eigenvalue weighted by Gasteiger charge is -2.10. The quantitative estimate of drug-likeness (QED) is 0.752. The van der Waals surface area contributed by atoms with E-state index in [1.54, 1.807) is 24.4 Å². The summed E-state index contributed by atoms with van der Waals surface area (Å²) in [4.78, 5) is 27.0. The fourth-order valence-electron chi connectivity index (χ4n) is 1.50. The second-order valence-corrected chi connectivity index (χ2v) is 3.80. The number of carbonyl (C=O) groups is 1. The van der Waals surface area contributed by atoms with Crippen LogP contribution >= 0.6 is 0 Å². The van der Waals surface area contributed by atoms with Crippen LogP contribution in [0, 0.1) is 0 Å². The van der Waals surface area contributed by atoms with E-state index in [0.29, 0.717) is 5.65 Å². The van der Waals surface area contributed by atoms with Crippen molar-refractivity contribution in [3.63, 3.8) is 0 Å². The average Bonchev–Trinajstić information content (AvgIpc) is 2.44. The van der Waals surface area contributed by atoms with E-state index in [1.165, 1.54) is 17.6 Å². The Morgan fingerprint density at radius 3 is 3.05 bits per heavy atom. The molecule has 0 fully saturated rings. The smallest absolute Gasteiger partial charge is 0.326 e. The first kappa shape index (κ1) is 13.0. The van der Waals surface area contributed by atoms with Crippen molar-refractivity contribution in [1.29, 1.82) is 0 Å². The fraction of sp³-hybridized carbons (Fsp3) is 0.250. The third-order valence-electron chi connectivity index (χ3n) is 2.46. The lowest BCUT2D eigenvalue weighted by atomic mass is 10.3. The molecule has 0 radical (unpaired) electrons. The highest BCUT2D eigenvalue weighted by molar-refractivity contribution is 5.75. The predicted molar refractivity (Wildman–Crippen MR) is 66.9 cm³/mol. The molecule has 0 saturated carbocycles. The second-order valence-electron chi connectivity index (χ2n) is 3.80. The number of rotatable bonds is 4. The summed E-state index contributed by atoms with van der Waals surface area (Å²) in [6, 6.07) is 5.47. The van der Waals surface area contributed by atoms with Gasteiger partial charge in [-0.05, 0) is 12.1 Å². The Bertz CT molecular complexity index is 653. The minimum Gasteiger partial charge on any atom is -0.475 e. The molecule has 0 bridgehead atoms. The molecule has 7 nitrogen and oxygen atoms in total. The minimum absolute atomic E-state index is 0.109. The number of aromatic nitrogens is 2. The molecule has 0 aliphatic carbocycles. The van der Waals surface area contributed by atoms with Crippen LogP contribution in [0.25, 0.3) is 5.65 Å². The zero-order valence-corrected chi connectivity index (χ0v) is 10.3. The van der Waals surface area contributed by atoms with Crippen molar-refractivity contribution < 1.29 is 14.3 Å². The summed E-state index contributed by atoms with van der Waals surface area (Å²) in [6.45, 7) is -0.109. The summed E-state index contributed by atoms with van der Waals surface area (Å²) in [7, 11) is 1.24. The van der Waals surface area contributed by atoms with E-state index >= 15 is 0 Å². The number of hydrogen-bond donors (Lipinski definition) is 1. The molecule has 0 spiro atoms. The number of methoxy groups -OCH3 is 1. The standard InChI is InChI=1S/C12H13N3O4/c1-18-12(17)8(13)7-19-10-6-11(16)15-5-3-2-4-9(15)14-10/h2-6,8H,7,13H2,1H3. The highest BCUT2D eigenvalue weighted by atomic mass is 16.5. The van der Waals surface area contributed by atoms with Gasteiger partial charge in [-0.3, -0.25) is 14.0 Å². The Labute approximate surface area is 108 Å². The van der Waals surface area contributed by atoms with Gasteiger partial charge >= 0.3 is 5.97 Å². The lowest BCUT2D eigenvalue weighted by Crippen LogP contribution is -2.37. The number of nitrogens with two attached hydrogens (primary N) is 1. The number of carbonyl (C=O) groups excluding carboxylic acids is 1. The molecule has 1 unspecified atom stereocenters. The first-order chi connectivity index (χ1) is 9.11. The zero-order chi connectivity index (χ0) is 13.8. The number of esters is 1. The maximum absolute atomic E-state index is 11.8. The van der Waals surface area contributed by atoms with Gasteiger partial charge in [0, 0.05) is 6.20 Å². The molecular formula is C12H13N3O4. The first-order valence-electron chi connectivity index (χ1n) is 5.56. The van der Waals surface area contributed by atoms with Crippen LogP contribution < -0.4 is 16.0 Å². The van der Waals surface area contributed by atoms with E-state index in [9.17, 15) is 9.59 Å². The maximum atomic E-state index is 11.8. The van der Waals surface area contributed by atoms with Gasteiger partial charge in [0.25, 0.3) is 5.56 Å². The van der Waals surface area contributed by atoms with Crippen LogP contribution in [-0.4, -0.2) is 35.1 Å². The summed E-state index contributed by atoms with van der Waals surface area (Å²) in [5.41, 5.74) is 5.70. The van der Waals surface area contributed by atoms with Crippen molar-refractivity contribution >= 4 is 11.6 Å². The van der Waals surface area contributed by atoms with E-state index in [2.05, 4.69) is 9.72 Å². The van der Waals surface area contributed by atoms with Crippen LogP contribution in [0.1, 0.15) is 0 Å². The number of ether oxygens (including phenoxy) is 2. The van der Waals surface area contributed by atoms with Gasteiger partial charge in [0.05, 0.1) is 13.2 Å². The number of nitrogens with zero attached hydrogens (tertiary/aromatic N) is 2. The van der Waals surface area contributed by atoms with Gasteiger partial charge in [0.15, 0.2) is 0 Å². The largest absolute Gasteiger partial charge is 0.475 e. The molecule has 2 aromatic heterocycles. The SMILES string of the molecule is COC(=O)C(N)COc1cc(=O)n2ccccc2n1. The molecule has 100 valence electrons. The minimum atomic E-state index is -0.916. The van der Waals surface area contributed by atoms with Crippen molar-refractivity contribution in [2.24, 2.45) is 5.73 Å². The van der Waals surface area contributed by atoms with Crippen molar-refractivity contribution in [2.45, 2.75) is 6.04 Å². The van der Waals surface area contributed by atoms with Crippen LogP contribution in [0.5, 0.6) is 5.88 Å². The Balaban J connectivity index is 2.18. The third kappa shape index (κ3) is 2.89. The molecule has 1 atom stereocenters. The topological polar surface area (TPSA) is 95.9 Å². The summed E-state index contributed by atoms with van der Waals surface area (Å²) in [5, 5.41) is 0. The molecule has 0 aliphatic rings. The van der Waals surface area contributed by atoms with Crippen molar-refractivity contribution in [1.82, 2.24) is 9.38 Å². The molecular weight excluding hydrogens is 250 g/mol. The van der Waals surface area contributed by atoms with E-state index in [1.807, 2.05) is 0 Å². The second kappa shape index (κ2) is 5.49. The van der Waals surface area contributed by atoms with Gasteiger partial charge in [-0.15, -0.1) is 0 Å². The van der Waals surface area contributed by atoms with E-state index in [4.69, 9.17) is 10.5 Å². The van der Waals surface area contributed by atoms with Crippen LogP contribution in [0.4, 0.5) is 0 Å². The summed E-state index contributed by atoms with van der Waals surface area (Å²) in [6.07, 6.45) is 1.61. The first-order valence-corrected chi connectivity index (χ1v) is 5.56. The molecule has 2 heterocycles. The Kier molecular flexibility index (Phi) is 3.76. The highest BCUT2D eigenvalue weighted by Crippen LogP contribution is 2.06. The lowest BCUT2D eigenvalue weighted by molar-refractivity contribution is -0.142. The fourth-order valence-corrected chi connectivity index (χ4v) is 1.50. The van der Waals surface area contributed by atoms with Crippen molar-refractivity contribution in [2.75, 3.05) is 13.7 Å². The summed E-state index contributed by atoms with van der Waals surface area (Å²) in [5.74, 6) is -0.465. The van der Waals surface area contributed by atoms with Crippen molar-refractivity contribution in [3.05, 3.63) is 40.8 Å². The predicted octanol–water partition coefficient (Wildman–Crippen LogP) is -0.426. The normalized spacial score (nSPS) is 12.1. The molecule has 19 heavy (non-hydrogen) atoms. The van der Waals surface area contributed by atoms with Crippen LogP contribution in [0.3, 0.4) is 0 Å². The maximum Gasteiger partial charge on any atom is 0.326 e. The van der Waals surface area contributed by atoms with Gasteiger partial charge < -0.3 is 15.2 Å². The molecule has 2 N–H and O–H groups in total. The van der Waals surface area contributed by atoms with Gasteiger partial charge in [-0.2, -0.15) is 4.98 Å². The molecule has 2 aromatic rings. The molecule has 7 heteroatoms. The van der Waals surface area contributed by atoms with E-state index in [-0.39, 0.29) is 18.0 Å². The van der Waals surface area contributed by atoms with Crippen LogP contribution in [-0.2, 0) is 9.53 Å². The van der Waals surface area contributed by atoms with Gasteiger partial charge in [-0.1, -0.05) is 6.07 Å². The monoisotopic (exact) mass is 263 g/mol. The van der Waals surface area contributed by atoms with Crippen LogP contribution in [0.2, 0.25) is 0 Å². The zero-order valence-electron chi connectivity index (χ0n) is 10.3. The molecule has 0 aliphatic heterocycles. The molecule has 2 rings (SSSR count). The Morgan fingerprint density at radius 2 is 2.32 bits per heavy atom. The summed E-state index contributed by atoms with van der Waals surface area (Å²) < 4.78 is 11.1. The number of pyridine rings is 1.